The summed E-state index contributed by atoms with van der Waals surface area (Å²) in [5.74, 6) is 0. The highest BCUT2D eigenvalue weighted by Crippen LogP contribution is 2.63. The molecule has 2 rings (SSSR count). The lowest BCUT2D eigenvalue weighted by Gasteiger charge is -2.44. The SMILES string of the molecule is CC(C)(C)P(CC1=CC(=C2C=CC=CC2)C=C1CP(C(C)(C)C)C(C)(C)C)C(C)(C)C. The Morgan fingerprint density at radius 2 is 1.00 bits per heavy atom. The lowest BCUT2D eigenvalue weighted by atomic mass is 10.0. The standard InChI is InChI=1S/C29H48P2/c1-26(2,3)30(27(4,5)6)20-24-18-23(22-16-14-13-15-17-22)19-25(24)21-31(28(7,8)9)29(10,11)12/h13-16,18-19H,17,20-21H2,1-12H3. The third kappa shape index (κ3) is 7.27. The third-order valence-electron chi connectivity index (χ3n) is 6.22. The van der Waals surface area contributed by atoms with Gasteiger partial charge in [0.1, 0.15) is 0 Å². The first kappa shape index (κ1) is 26.8. The fourth-order valence-electron chi connectivity index (χ4n) is 5.11. The molecule has 0 N–H and O–H groups in total. The minimum absolute atomic E-state index is 0.155. The van der Waals surface area contributed by atoms with Crippen molar-refractivity contribution in [1.29, 1.82) is 0 Å². The van der Waals surface area contributed by atoms with Gasteiger partial charge in [0.05, 0.1) is 0 Å². The molecule has 2 heteroatoms. The molecule has 0 aromatic rings. The van der Waals surface area contributed by atoms with Crippen LogP contribution in [0.5, 0.6) is 0 Å². The summed E-state index contributed by atoms with van der Waals surface area (Å²) in [7, 11) is -0.309. The molecule has 174 valence electrons. The Bertz CT molecular complexity index is 723. The zero-order valence-electron chi connectivity index (χ0n) is 22.5. The first-order valence-electron chi connectivity index (χ1n) is 11.9. The molecule has 0 aromatic carbocycles. The lowest BCUT2D eigenvalue weighted by Crippen LogP contribution is -2.28. The Hall–Kier alpha value is -0.440. The van der Waals surface area contributed by atoms with Crippen molar-refractivity contribution < 1.29 is 0 Å². The van der Waals surface area contributed by atoms with Crippen LogP contribution < -0.4 is 0 Å². The Balaban J connectivity index is 2.51. The highest BCUT2D eigenvalue weighted by Gasteiger charge is 2.38. The van der Waals surface area contributed by atoms with Crippen molar-refractivity contribution >= 4 is 15.8 Å². The molecule has 0 nitrogen and oxygen atoms in total. The summed E-state index contributed by atoms with van der Waals surface area (Å²) in [5.41, 5.74) is 6.19. The smallest absolute Gasteiger partial charge is 0.00606 e. The van der Waals surface area contributed by atoms with Crippen molar-refractivity contribution in [1.82, 2.24) is 0 Å². The molecule has 0 heterocycles. The van der Waals surface area contributed by atoms with Crippen molar-refractivity contribution in [2.75, 3.05) is 12.3 Å². The van der Waals surface area contributed by atoms with Crippen LogP contribution in [0.3, 0.4) is 0 Å². The van der Waals surface area contributed by atoms with E-state index in [4.69, 9.17) is 0 Å². The van der Waals surface area contributed by atoms with Crippen molar-refractivity contribution in [3.8, 4) is 0 Å². The molecular formula is C29H48P2. The Morgan fingerprint density at radius 1 is 0.613 bits per heavy atom. The average molecular weight is 459 g/mol. The van der Waals surface area contributed by atoms with Gasteiger partial charge in [-0.25, -0.2) is 0 Å². The molecule has 2 aliphatic rings. The van der Waals surface area contributed by atoms with Gasteiger partial charge in [0.15, 0.2) is 0 Å². The second-order valence-electron chi connectivity index (χ2n) is 13.2. The fourth-order valence-corrected chi connectivity index (χ4v) is 12.3. The zero-order valence-corrected chi connectivity index (χ0v) is 24.3. The van der Waals surface area contributed by atoms with Crippen molar-refractivity contribution in [3.05, 3.63) is 58.7 Å². The number of hydrogen-bond acceptors (Lipinski definition) is 0. The van der Waals surface area contributed by atoms with Crippen LogP contribution >= 0.6 is 15.8 Å². The molecule has 0 spiro atoms. The van der Waals surface area contributed by atoms with Crippen molar-refractivity contribution in [3.63, 3.8) is 0 Å². The summed E-state index contributed by atoms with van der Waals surface area (Å²) in [6.45, 7) is 29.4. The predicted molar refractivity (Wildman–Crippen MR) is 149 cm³/mol. The molecule has 0 saturated carbocycles. The van der Waals surface area contributed by atoms with Crippen LogP contribution in [0.2, 0.25) is 0 Å². The van der Waals surface area contributed by atoms with Crippen LogP contribution in [0.1, 0.15) is 89.5 Å². The summed E-state index contributed by atoms with van der Waals surface area (Å²) in [4.78, 5) is 0. The predicted octanol–water partition coefficient (Wildman–Crippen LogP) is 9.82. The summed E-state index contributed by atoms with van der Waals surface area (Å²) < 4.78 is 0. The maximum absolute atomic E-state index is 2.56. The van der Waals surface area contributed by atoms with E-state index < -0.39 is 0 Å². The van der Waals surface area contributed by atoms with Gasteiger partial charge in [0, 0.05) is 0 Å². The van der Waals surface area contributed by atoms with Gasteiger partial charge in [-0.1, -0.05) is 135 Å². The van der Waals surface area contributed by atoms with Gasteiger partial charge in [-0.2, -0.15) is 0 Å². The molecule has 0 aliphatic heterocycles. The van der Waals surface area contributed by atoms with Gasteiger partial charge >= 0.3 is 0 Å². The molecule has 2 aliphatic carbocycles. The molecular weight excluding hydrogens is 410 g/mol. The van der Waals surface area contributed by atoms with E-state index in [1.165, 1.54) is 23.5 Å². The monoisotopic (exact) mass is 458 g/mol. The number of hydrogen-bond donors (Lipinski definition) is 0. The van der Waals surface area contributed by atoms with Gasteiger partial charge in [-0.3, -0.25) is 0 Å². The van der Waals surface area contributed by atoms with Gasteiger partial charge in [-0.15, -0.1) is 0 Å². The zero-order chi connectivity index (χ0) is 23.8. The van der Waals surface area contributed by atoms with Crippen LogP contribution in [0.25, 0.3) is 0 Å². The van der Waals surface area contributed by atoms with Crippen LogP contribution in [0.15, 0.2) is 58.7 Å². The molecule has 0 atom stereocenters. The Morgan fingerprint density at radius 3 is 1.29 bits per heavy atom. The number of rotatable bonds is 4. The molecule has 0 amide bonds. The Kier molecular flexibility index (Phi) is 8.16. The molecule has 0 bridgehead atoms. The molecule has 31 heavy (non-hydrogen) atoms. The van der Waals surface area contributed by atoms with Gasteiger partial charge in [0.25, 0.3) is 0 Å². The highest BCUT2D eigenvalue weighted by atomic mass is 31.1. The summed E-state index contributed by atoms with van der Waals surface area (Å²) in [6, 6.07) is 0. The fraction of sp³-hybridized carbons (Fsp3) is 0.655. The number of allylic oxidation sites excluding steroid dienone is 10. The summed E-state index contributed by atoms with van der Waals surface area (Å²) in [6.07, 6.45) is 17.6. The highest BCUT2D eigenvalue weighted by molar-refractivity contribution is 7.61. The lowest BCUT2D eigenvalue weighted by molar-refractivity contribution is 0.704. The van der Waals surface area contributed by atoms with E-state index in [2.05, 4.69) is 120 Å². The van der Waals surface area contributed by atoms with Crippen LogP contribution in [0.4, 0.5) is 0 Å². The van der Waals surface area contributed by atoms with Crippen molar-refractivity contribution in [2.24, 2.45) is 0 Å². The second kappa shape index (κ2) is 9.43. The van der Waals surface area contributed by atoms with E-state index in [0.717, 1.165) is 6.42 Å². The Labute approximate surface area is 196 Å². The molecule has 0 radical (unpaired) electrons. The second-order valence-corrected chi connectivity index (χ2v) is 20.9. The topological polar surface area (TPSA) is 0 Å². The minimum Gasteiger partial charge on any atom is -0.0911 e. The first-order valence-corrected chi connectivity index (χ1v) is 15.0. The van der Waals surface area contributed by atoms with E-state index >= 15 is 0 Å². The normalized spacial score (nSPS) is 18.4. The van der Waals surface area contributed by atoms with Gasteiger partial charge in [-0.05, 0) is 61.7 Å². The van der Waals surface area contributed by atoms with Gasteiger partial charge in [0.2, 0.25) is 0 Å². The van der Waals surface area contributed by atoms with E-state index in [-0.39, 0.29) is 15.8 Å². The largest absolute Gasteiger partial charge is 0.0911 e. The molecule has 0 unspecified atom stereocenters. The first-order chi connectivity index (χ1) is 13.9. The van der Waals surface area contributed by atoms with E-state index in [1.807, 2.05) is 0 Å². The van der Waals surface area contributed by atoms with Crippen LogP contribution in [-0.4, -0.2) is 32.9 Å². The molecule has 0 saturated heterocycles. The minimum atomic E-state index is -0.155. The third-order valence-corrected chi connectivity index (χ3v) is 14.0. The average Bonchev–Trinajstić information content (AvgIpc) is 2.97. The summed E-state index contributed by atoms with van der Waals surface area (Å²) >= 11 is 0. The maximum Gasteiger partial charge on any atom is -0.00606 e. The summed E-state index contributed by atoms with van der Waals surface area (Å²) in [5, 5.41) is 1.40. The van der Waals surface area contributed by atoms with E-state index in [1.54, 1.807) is 11.1 Å². The van der Waals surface area contributed by atoms with E-state index in [0.29, 0.717) is 20.6 Å². The van der Waals surface area contributed by atoms with E-state index in [9.17, 15) is 0 Å². The van der Waals surface area contributed by atoms with Crippen LogP contribution in [-0.2, 0) is 0 Å². The van der Waals surface area contributed by atoms with Crippen LogP contribution in [0, 0.1) is 0 Å². The molecule has 0 aromatic heterocycles. The van der Waals surface area contributed by atoms with Crippen molar-refractivity contribution in [2.45, 2.75) is 110 Å². The quantitative estimate of drug-likeness (QED) is 0.368. The maximum atomic E-state index is 2.56. The molecule has 0 fully saturated rings. The van der Waals surface area contributed by atoms with Gasteiger partial charge < -0.3 is 0 Å².